The fourth-order valence-corrected chi connectivity index (χ4v) is 3.94. The molecular formula is C15H13BrClNOS. The number of rotatable bonds is 2. The van der Waals surface area contributed by atoms with E-state index in [1.807, 2.05) is 12.1 Å². The number of thiophene rings is 1. The smallest absolute Gasteiger partial charge is 0.224 e. The zero-order chi connectivity index (χ0) is 14.1. The molecule has 1 amide bonds. The summed E-state index contributed by atoms with van der Waals surface area (Å²) < 4.78 is 1.08. The molecule has 20 heavy (non-hydrogen) atoms. The van der Waals surface area contributed by atoms with Crippen LogP contribution in [0.2, 0.25) is 0 Å². The van der Waals surface area contributed by atoms with Gasteiger partial charge in [0.25, 0.3) is 0 Å². The average Bonchev–Trinajstić information content (AvgIpc) is 2.77. The second-order valence-electron chi connectivity index (χ2n) is 4.87. The minimum absolute atomic E-state index is 0.0979. The third kappa shape index (κ3) is 2.92. The summed E-state index contributed by atoms with van der Waals surface area (Å²) in [4.78, 5) is 11.5. The molecule has 0 aliphatic carbocycles. The Hall–Kier alpha value is -0.840. The lowest BCUT2D eigenvalue weighted by atomic mass is 10.0. The first kappa shape index (κ1) is 14.1. The van der Waals surface area contributed by atoms with E-state index in [1.165, 1.54) is 5.56 Å². The predicted molar refractivity (Wildman–Crippen MR) is 87.7 cm³/mol. The van der Waals surface area contributed by atoms with Crippen molar-refractivity contribution in [3.63, 3.8) is 0 Å². The second kappa shape index (κ2) is 5.88. The number of fused-ring (bicyclic) bond motifs is 1. The Kier molecular flexibility index (Phi) is 4.15. The van der Waals surface area contributed by atoms with Gasteiger partial charge >= 0.3 is 0 Å². The molecule has 2 nitrogen and oxygen atoms in total. The van der Waals surface area contributed by atoms with E-state index in [0.29, 0.717) is 6.42 Å². The van der Waals surface area contributed by atoms with E-state index >= 15 is 0 Å². The van der Waals surface area contributed by atoms with Gasteiger partial charge in [0.2, 0.25) is 5.91 Å². The van der Waals surface area contributed by atoms with Crippen LogP contribution in [0, 0.1) is 0 Å². The van der Waals surface area contributed by atoms with Gasteiger partial charge in [-0.05, 0) is 63.0 Å². The average molecular weight is 371 g/mol. The highest BCUT2D eigenvalue weighted by atomic mass is 79.9. The lowest BCUT2D eigenvalue weighted by Gasteiger charge is -2.12. The molecule has 0 bridgehead atoms. The molecule has 0 saturated heterocycles. The molecule has 1 aromatic carbocycles. The van der Waals surface area contributed by atoms with Crippen LogP contribution in [0.3, 0.4) is 0 Å². The van der Waals surface area contributed by atoms with Crippen LogP contribution >= 0.6 is 38.9 Å². The van der Waals surface area contributed by atoms with Gasteiger partial charge in [-0.3, -0.25) is 4.79 Å². The normalized spacial score (nSPS) is 16.2. The van der Waals surface area contributed by atoms with Crippen LogP contribution < -0.4 is 5.32 Å². The SMILES string of the molecule is O=C1CCCc2cc(C(Cl)c3csc(Br)c3)ccc2N1. The summed E-state index contributed by atoms with van der Waals surface area (Å²) in [5.41, 5.74) is 4.27. The minimum atomic E-state index is -0.151. The van der Waals surface area contributed by atoms with Crippen LogP contribution in [0.1, 0.15) is 34.9 Å². The molecule has 1 N–H and O–H groups in total. The third-order valence-corrected chi connectivity index (χ3v) is 5.45. The zero-order valence-corrected chi connectivity index (χ0v) is 13.8. The molecule has 1 atom stereocenters. The van der Waals surface area contributed by atoms with Crippen molar-refractivity contribution in [2.24, 2.45) is 0 Å². The van der Waals surface area contributed by atoms with Gasteiger partial charge in [0, 0.05) is 12.1 Å². The Morgan fingerprint density at radius 3 is 2.85 bits per heavy atom. The van der Waals surface area contributed by atoms with Gasteiger partial charge in [-0.1, -0.05) is 12.1 Å². The van der Waals surface area contributed by atoms with Gasteiger partial charge in [0.1, 0.15) is 0 Å². The molecule has 0 saturated carbocycles. The fourth-order valence-electron chi connectivity index (χ4n) is 2.40. The molecule has 0 radical (unpaired) electrons. The molecule has 3 rings (SSSR count). The van der Waals surface area contributed by atoms with E-state index in [2.05, 4.69) is 38.8 Å². The van der Waals surface area contributed by atoms with Crippen molar-refractivity contribution in [3.05, 3.63) is 50.1 Å². The Balaban J connectivity index is 1.92. The second-order valence-corrected chi connectivity index (χ2v) is 7.59. The molecule has 2 heterocycles. The van der Waals surface area contributed by atoms with Gasteiger partial charge in [0.05, 0.1) is 9.16 Å². The fraction of sp³-hybridized carbons (Fsp3) is 0.267. The van der Waals surface area contributed by atoms with E-state index in [4.69, 9.17) is 11.6 Å². The van der Waals surface area contributed by atoms with Crippen LogP contribution in [0.15, 0.2) is 33.4 Å². The van der Waals surface area contributed by atoms with Crippen LogP contribution in [-0.4, -0.2) is 5.91 Å². The van der Waals surface area contributed by atoms with Crippen molar-refractivity contribution < 1.29 is 4.79 Å². The topological polar surface area (TPSA) is 29.1 Å². The van der Waals surface area contributed by atoms with Gasteiger partial charge < -0.3 is 5.32 Å². The van der Waals surface area contributed by atoms with E-state index in [9.17, 15) is 4.79 Å². The maximum atomic E-state index is 11.5. The maximum absolute atomic E-state index is 11.5. The lowest BCUT2D eigenvalue weighted by Crippen LogP contribution is -2.09. The molecule has 5 heteroatoms. The predicted octanol–water partition coefficient (Wildman–Crippen LogP) is 5.11. The van der Waals surface area contributed by atoms with Crippen LogP contribution in [0.25, 0.3) is 0 Å². The number of carbonyl (C=O) groups excluding carboxylic acids is 1. The summed E-state index contributed by atoms with van der Waals surface area (Å²) in [6.45, 7) is 0. The molecule has 1 aromatic heterocycles. The summed E-state index contributed by atoms with van der Waals surface area (Å²) >= 11 is 11.7. The number of alkyl halides is 1. The number of halogens is 2. The number of hydrogen-bond acceptors (Lipinski definition) is 2. The van der Waals surface area contributed by atoms with E-state index in [-0.39, 0.29) is 11.3 Å². The monoisotopic (exact) mass is 369 g/mol. The van der Waals surface area contributed by atoms with Crippen molar-refractivity contribution in [2.75, 3.05) is 5.32 Å². The van der Waals surface area contributed by atoms with E-state index < -0.39 is 0 Å². The standard InChI is InChI=1S/C15H13BrClNOS/c16-13-7-11(8-20-13)15(17)10-4-5-12-9(6-10)2-1-3-14(19)18-12/h4-8,15H,1-3H2,(H,18,19). The number of aryl methyl sites for hydroxylation is 1. The maximum Gasteiger partial charge on any atom is 0.224 e. The molecule has 0 fully saturated rings. The van der Waals surface area contributed by atoms with E-state index in [0.717, 1.165) is 33.4 Å². The molecule has 2 aromatic rings. The molecule has 0 spiro atoms. The van der Waals surface area contributed by atoms with Crippen LogP contribution in [0.4, 0.5) is 5.69 Å². The summed E-state index contributed by atoms with van der Waals surface area (Å²) in [6, 6.07) is 8.12. The van der Waals surface area contributed by atoms with Crippen molar-refractivity contribution in [1.29, 1.82) is 0 Å². The van der Waals surface area contributed by atoms with Crippen LogP contribution in [-0.2, 0) is 11.2 Å². The summed E-state index contributed by atoms with van der Waals surface area (Å²) in [7, 11) is 0. The summed E-state index contributed by atoms with van der Waals surface area (Å²) in [6.07, 6.45) is 2.39. The van der Waals surface area contributed by atoms with Crippen molar-refractivity contribution in [2.45, 2.75) is 24.6 Å². The Labute approximate surface area is 135 Å². The molecule has 104 valence electrons. The third-order valence-electron chi connectivity index (χ3n) is 3.43. The minimum Gasteiger partial charge on any atom is -0.326 e. The highest BCUT2D eigenvalue weighted by Crippen LogP contribution is 2.35. The number of nitrogens with one attached hydrogen (secondary N) is 1. The Morgan fingerprint density at radius 1 is 1.25 bits per heavy atom. The number of anilines is 1. The Morgan fingerprint density at radius 2 is 2.10 bits per heavy atom. The van der Waals surface area contributed by atoms with E-state index in [1.54, 1.807) is 11.3 Å². The lowest BCUT2D eigenvalue weighted by molar-refractivity contribution is -0.116. The van der Waals surface area contributed by atoms with Crippen molar-refractivity contribution in [1.82, 2.24) is 0 Å². The first-order valence-corrected chi connectivity index (χ1v) is 8.55. The summed E-state index contributed by atoms with van der Waals surface area (Å²) in [5, 5.41) is 4.86. The number of benzene rings is 1. The van der Waals surface area contributed by atoms with Crippen molar-refractivity contribution in [3.8, 4) is 0 Å². The number of hydrogen-bond donors (Lipinski definition) is 1. The van der Waals surface area contributed by atoms with Gasteiger partial charge in [-0.2, -0.15) is 0 Å². The number of carbonyl (C=O) groups is 1. The van der Waals surface area contributed by atoms with Gasteiger partial charge in [-0.15, -0.1) is 22.9 Å². The van der Waals surface area contributed by atoms with Gasteiger partial charge in [0.15, 0.2) is 0 Å². The highest BCUT2D eigenvalue weighted by Gasteiger charge is 2.17. The zero-order valence-electron chi connectivity index (χ0n) is 10.7. The van der Waals surface area contributed by atoms with Crippen molar-refractivity contribution >= 4 is 50.5 Å². The van der Waals surface area contributed by atoms with Crippen LogP contribution in [0.5, 0.6) is 0 Å². The molecule has 1 aliphatic heterocycles. The molecule has 1 unspecified atom stereocenters. The number of amides is 1. The largest absolute Gasteiger partial charge is 0.326 e. The summed E-state index contributed by atoms with van der Waals surface area (Å²) in [5.74, 6) is 0.0979. The van der Waals surface area contributed by atoms with Gasteiger partial charge in [-0.25, -0.2) is 0 Å². The molecule has 1 aliphatic rings. The molecular weight excluding hydrogens is 358 g/mol. The first-order chi connectivity index (χ1) is 9.63. The Bertz CT molecular complexity index is 655. The highest BCUT2D eigenvalue weighted by molar-refractivity contribution is 9.11. The quantitative estimate of drug-likeness (QED) is 0.731. The first-order valence-electron chi connectivity index (χ1n) is 6.44.